The number of hydrogen-bond acceptors (Lipinski definition) is 5. The summed E-state index contributed by atoms with van der Waals surface area (Å²) in [5.41, 5.74) is 0. The highest BCUT2D eigenvalue weighted by Gasteiger charge is 2.82. The maximum absolute atomic E-state index is 13.6. The first-order chi connectivity index (χ1) is 19.1. The molecule has 0 aliphatic rings. The molecule has 0 aliphatic carbocycles. The number of halogens is 18. The Morgan fingerprint density at radius 1 is 0.591 bits per heavy atom. The molecule has 0 heterocycles. The van der Waals surface area contributed by atoms with Gasteiger partial charge in [0, 0.05) is 0 Å². The summed E-state index contributed by atoms with van der Waals surface area (Å²) >= 11 is 0. The van der Waals surface area contributed by atoms with Gasteiger partial charge in [0.2, 0.25) is 0 Å². The fourth-order valence-corrected chi connectivity index (χ4v) is 2.65. The Morgan fingerprint density at radius 3 is 1.25 bits per heavy atom. The molecule has 0 rings (SSSR count). The van der Waals surface area contributed by atoms with Gasteiger partial charge < -0.3 is 14.0 Å². The van der Waals surface area contributed by atoms with Crippen molar-refractivity contribution < 1.29 is 103 Å². The normalized spacial score (nSPS) is 15.7. The number of carbonyl (C=O) groups excluding carboxylic acids is 2. The van der Waals surface area contributed by atoms with Gasteiger partial charge in [-0.15, -0.1) is 0 Å². The summed E-state index contributed by atoms with van der Waals surface area (Å²) in [4.78, 5) is 24.1. The number of quaternary nitrogens is 1. The zero-order valence-electron chi connectivity index (χ0n) is 22.2. The third kappa shape index (κ3) is 9.31. The molecule has 0 amide bonds. The van der Waals surface area contributed by atoms with Crippen molar-refractivity contribution in [1.29, 1.82) is 0 Å². The van der Waals surface area contributed by atoms with E-state index in [-0.39, 0.29) is 11.2 Å². The lowest BCUT2D eigenvalue weighted by Crippen LogP contribution is -2.61. The first-order valence-electron chi connectivity index (χ1n) is 11.4. The summed E-state index contributed by atoms with van der Waals surface area (Å²) < 4.78 is 240. The van der Waals surface area contributed by atoms with Crippen LogP contribution in [0.1, 0.15) is 19.3 Å². The average Bonchev–Trinajstić information content (AvgIpc) is 2.78. The lowest BCUT2D eigenvalue weighted by molar-refractivity contribution is -0.873. The number of esters is 2. The molecule has 0 aromatic carbocycles. The molecule has 1 atom stereocenters. The summed E-state index contributed by atoms with van der Waals surface area (Å²) in [6.45, 7) is -4.31. The Balaban J connectivity index is 5.52. The second-order valence-electron chi connectivity index (χ2n) is 10.00. The molecule has 44 heavy (non-hydrogen) atoms. The SMILES string of the molecule is C[N+](C)(C)CNC(CC(=O)OCCC(F)(F)C(F)(F)C(F)(F)C(F)(F)F)C(=O)OCCC(F)(F)C(F)(F)C(F)(F)C(F)(F)F. The minimum Gasteiger partial charge on any atom is -0.465 e. The maximum atomic E-state index is 13.6. The second-order valence-corrected chi connectivity index (χ2v) is 10.00. The van der Waals surface area contributed by atoms with Gasteiger partial charge >= 0.3 is 59.8 Å². The topological polar surface area (TPSA) is 64.6 Å². The van der Waals surface area contributed by atoms with Crippen LogP contribution in [0.25, 0.3) is 0 Å². The van der Waals surface area contributed by atoms with E-state index in [9.17, 15) is 88.6 Å². The zero-order valence-corrected chi connectivity index (χ0v) is 22.2. The van der Waals surface area contributed by atoms with E-state index in [0.29, 0.717) is 0 Å². The Morgan fingerprint density at radius 2 is 0.932 bits per heavy atom. The van der Waals surface area contributed by atoms with Crippen LogP contribution in [0, 0.1) is 0 Å². The van der Waals surface area contributed by atoms with E-state index < -0.39 is 98.3 Å². The number of alkyl halides is 18. The number of carbonyl (C=O) groups is 2. The summed E-state index contributed by atoms with van der Waals surface area (Å²) in [7, 11) is 4.20. The first-order valence-corrected chi connectivity index (χ1v) is 11.4. The molecule has 0 saturated heterocycles. The lowest BCUT2D eigenvalue weighted by Gasteiger charge is -2.33. The van der Waals surface area contributed by atoms with Crippen LogP contribution in [0.3, 0.4) is 0 Å². The number of nitrogens with one attached hydrogen (secondary N) is 1. The molecule has 0 aromatic heterocycles. The van der Waals surface area contributed by atoms with Crippen LogP contribution < -0.4 is 5.32 Å². The van der Waals surface area contributed by atoms with Gasteiger partial charge in [0.05, 0.1) is 53.6 Å². The van der Waals surface area contributed by atoms with E-state index in [1.54, 1.807) is 0 Å². The lowest BCUT2D eigenvalue weighted by atomic mass is 10.0. The van der Waals surface area contributed by atoms with E-state index in [0.717, 1.165) is 0 Å². The quantitative estimate of drug-likeness (QED) is 0.0957. The fraction of sp³-hybridized carbons (Fsp3) is 0.900. The van der Waals surface area contributed by atoms with E-state index in [1.807, 2.05) is 0 Å². The molecule has 1 N–H and O–H groups in total. The van der Waals surface area contributed by atoms with Crippen molar-refractivity contribution in [3.63, 3.8) is 0 Å². The molecule has 6 nitrogen and oxygen atoms in total. The maximum Gasteiger partial charge on any atom is 0.460 e. The van der Waals surface area contributed by atoms with Crippen LogP contribution in [-0.4, -0.2) is 111 Å². The molecular weight excluding hydrogens is 674 g/mol. The molecular formula is C20H23F18N2O4+. The first kappa shape index (κ1) is 41.6. The summed E-state index contributed by atoms with van der Waals surface area (Å²) in [6, 6.07) is -2.12. The van der Waals surface area contributed by atoms with Gasteiger partial charge in [0.15, 0.2) is 0 Å². The number of nitrogens with zero attached hydrogens (tertiary/aromatic N) is 1. The van der Waals surface area contributed by atoms with Gasteiger partial charge in [-0.05, 0) is 0 Å². The van der Waals surface area contributed by atoms with Gasteiger partial charge in [-0.25, -0.2) is 0 Å². The predicted octanol–water partition coefficient (Wildman–Crippen LogP) is 5.80. The van der Waals surface area contributed by atoms with Gasteiger partial charge in [-0.3, -0.25) is 14.9 Å². The molecule has 0 spiro atoms. The van der Waals surface area contributed by atoms with E-state index in [4.69, 9.17) is 0 Å². The van der Waals surface area contributed by atoms with Crippen molar-refractivity contribution in [3.8, 4) is 0 Å². The van der Waals surface area contributed by atoms with Crippen LogP contribution in [-0.2, 0) is 19.1 Å². The third-order valence-electron chi connectivity index (χ3n) is 5.23. The smallest absolute Gasteiger partial charge is 0.460 e. The largest absolute Gasteiger partial charge is 0.465 e. The van der Waals surface area contributed by atoms with Crippen molar-refractivity contribution in [2.45, 2.75) is 73.2 Å². The third-order valence-corrected chi connectivity index (χ3v) is 5.23. The van der Waals surface area contributed by atoms with Crippen molar-refractivity contribution >= 4 is 11.9 Å². The van der Waals surface area contributed by atoms with Crippen molar-refractivity contribution in [2.75, 3.05) is 41.0 Å². The van der Waals surface area contributed by atoms with Gasteiger partial charge in [-0.1, -0.05) is 0 Å². The molecule has 262 valence electrons. The Kier molecular flexibility index (Phi) is 12.4. The predicted molar refractivity (Wildman–Crippen MR) is 107 cm³/mol. The van der Waals surface area contributed by atoms with Crippen LogP contribution in [0.5, 0.6) is 0 Å². The highest BCUT2D eigenvalue weighted by atomic mass is 19.4. The molecule has 0 aliphatic heterocycles. The average molecular weight is 697 g/mol. The summed E-state index contributed by atoms with van der Waals surface area (Å²) in [5.74, 6) is -44.6. The molecule has 1 unspecified atom stereocenters. The minimum atomic E-state index is -7.24. The zero-order chi connectivity index (χ0) is 35.6. The van der Waals surface area contributed by atoms with E-state index in [1.165, 1.54) is 21.1 Å². The van der Waals surface area contributed by atoms with Gasteiger partial charge in [0.1, 0.15) is 12.7 Å². The van der Waals surface area contributed by atoms with Crippen LogP contribution in [0.15, 0.2) is 0 Å². The minimum absolute atomic E-state index is 0.148. The number of rotatable bonds is 16. The Bertz CT molecular complexity index is 989. The molecule has 0 saturated carbocycles. The van der Waals surface area contributed by atoms with Crippen LogP contribution >= 0.6 is 0 Å². The molecule has 0 fully saturated rings. The highest BCUT2D eigenvalue weighted by Crippen LogP contribution is 2.55. The molecule has 0 aromatic rings. The Labute approximate surface area is 235 Å². The van der Waals surface area contributed by atoms with Gasteiger partial charge in [-0.2, -0.15) is 79.0 Å². The fourth-order valence-electron chi connectivity index (χ4n) is 2.65. The molecule has 0 bridgehead atoms. The summed E-state index contributed by atoms with van der Waals surface area (Å²) in [5, 5.41) is 2.18. The number of hydrogen-bond donors (Lipinski definition) is 1. The monoisotopic (exact) mass is 697 g/mol. The Hall–Kier alpha value is -2.40. The molecule has 24 heteroatoms. The standard InChI is InChI=1S/C20H23F18N2O4/c1-40(2,3)9-39-10(12(42)44-7-5-14(23,24)16(27,28)18(31,32)20(36,37)38)8-11(41)43-6-4-13(21,22)15(25,26)17(29,30)19(33,34)35/h10,39H,4-9H2,1-3H3/q+1. The number of ether oxygens (including phenoxy) is 2. The van der Waals surface area contributed by atoms with Crippen LogP contribution in [0.4, 0.5) is 79.0 Å². The molecule has 0 radical (unpaired) electrons. The van der Waals surface area contributed by atoms with E-state index >= 15 is 0 Å². The van der Waals surface area contributed by atoms with Crippen molar-refractivity contribution in [3.05, 3.63) is 0 Å². The van der Waals surface area contributed by atoms with Gasteiger partial charge in [0.25, 0.3) is 0 Å². The van der Waals surface area contributed by atoms with Crippen molar-refractivity contribution in [2.24, 2.45) is 0 Å². The highest BCUT2D eigenvalue weighted by molar-refractivity contribution is 5.82. The second kappa shape index (κ2) is 13.1. The van der Waals surface area contributed by atoms with Crippen LogP contribution in [0.2, 0.25) is 0 Å². The summed E-state index contributed by atoms with van der Waals surface area (Å²) in [6.07, 6.45) is -20.9. The van der Waals surface area contributed by atoms with E-state index in [2.05, 4.69) is 14.8 Å². The van der Waals surface area contributed by atoms with Crippen molar-refractivity contribution in [1.82, 2.24) is 5.32 Å².